The highest BCUT2D eigenvalue weighted by Gasteiger charge is 2.17. The normalized spacial score (nSPS) is 11.8. The van der Waals surface area contributed by atoms with Gasteiger partial charge in [0.15, 0.2) is 0 Å². The summed E-state index contributed by atoms with van der Waals surface area (Å²) in [4.78, 5) is 29.0. The number of aryl methyl sites for hydroxylation is 1. The second kappa shape index (κ2) is 9.89. The lowest BCUT2D eigenvalue weighted by Gasteiger charge is -2.25. The van der Waals surface area contributed by atoms with E-state index in [1.54, 1.807) is 21.0 Å². The first-order chi connectivity index (χ1) is 13.8. The zero-order valence-corrected chi connectivity index (χ0v) is 17.6. The molecule has 7 heteroatoms. The number of aromatic nitrogens is 1. The fourth-order valence-electron chi connectivity index (χ4n) is 3.41. The molecule has 29 heavy (non-hydrogen) atoms. The molecular weight excluding hydrogens is 368 g/mol. The molecule has 1 atom stereocenters. The molecule has 154 valence electrons. The van der Waals surface area contributed by atoms with Gasteiger partial charge < -0.3 is 19.9 Å². The van der Waals surface area contributed by atoms with E-state index >= 15 is 0 Å². The van der Waals surface area contributed by atoms with Crippen LogP contribution in [0.4, 0.5) is 0 Å². The SMILES string of the molecule is COc1cccc(C(CNC(=O)CCc2c(C)[nH]c(=O)c(C#N)c2C)N(C)C)c1. The van der Waals surface area contributed by atoms with Crippen molar-refractivity contribution >= 4 is 5.91 Å². The number of ether oxygens (including phenoxy) is 1. The zero-order chi connectivity index (χ0) is 21.6. The number of pyridine rings is 1. The molecule has 1 unspecified atom stereocenters. The smallest absolute Gasteiger partial charge is 0.266 e. The maximum absolute atomic E-state index is 12.5. The van der Waals surface area contributed by atoms with Crippen LogP contribution in [-0.2, 0) is 11.2 Å². The van der Waals surface area contributed by atoms with Crippen LogP contribution < -0.4 is 15.6 Å². The van der Waals surface area contributed by atoms with Crippen LogP contribution in [0.15, 0.2) is 29.1 Å². The van der Waals surface area contributed by atoms with E-state index in [0.29, 0.717) is 24.2 Å². The third-order valence-electron chi connectivity index (χ3n) is 5.12. The molecule has 0 bridgehead atoms. The summed E-state index contributed by atoms with van der Waals surface area (Å²) < 4.78 is 5.29. The van der Waals surface area contributed by atoms with Crippen LogP contribution >= 0.6 is 0 Å². The predicted octanol–water partition coefficient (Wildman–Crippen LogP) is 2.22. The lowest BCUT2D eigenvalue weighted by molar-refractivity contribution is -0.121. The summed E-state index contributed by atoms with van der Waals surface area (Å²) >= 11 is 0. The number of carbonyl (C=O) groups is 1. The minimum Gasteiger partial charge on any atom is -0.497 e. The summed E-state index contributed by atoms with van der Waals surface area (Å²) in [5.41, 5.74) is 2.96. The first-order valence-corrected chi connectivity index (χ1v) is 9.48. The molecule has 0 aliphatic rings. The van der Waals surface area contributed by atoms with E-state index in [9.17, 15) is 14.9 Å². The van der Waals surface area contributed by atoms with Gasteiger partial charge in [0, 0.05) is 18.7 Å². The highest BCUT2D eigenvalue weighted by atomic mass is 16.5. The topological polar surface area (TPSA) is 98.2 Å². The Hall–Kier alpha value is -3.11. The highest BCUT2D eigenvalue weighted by Crippen LogP contribution is 2.22. The van der Waals surface area contributed by atoms with Gasteiger partial charge in [0.25, 0.3) is 5.56 Å². The van der Waals surface area contributed by atoms with Crippen molar-refractivity contribution in [3.63, 3.8) is 0 Å². The molecule has 0 saturated heterocycles. The molecule has 0 saturated carbocycles. The number of benzene rings is 1. The molecule has 1 heterocycles. The van der Waals surface area contributed by atoms with Crippen LogP contribution in [0.25, 0.3) is 0 Å². The third kappa shape index (κ3) is 5.46. The maximum Gasteiger partial charge on any atom is 0.266 e. The predicted molar refractivity (Wildman–Crippen MR) is 112 cm³/mol. The number of carbonyl (C=O) groups excluding carboxylic acids is 1. The molecule has 2 aromatic rings. The van der Waals surface area contributed by atoms with Gasteiger partial charge in [-0.15, -0.1) is 0 Å². The van der Waals surface area contributed by atoms with E-state index < -0.39 is 0 Å². The monoisotopic (exact) mass is 396 g/mol. The molecular formula is C22H28N4O3. The lowest BCUT2D eigenvalue weighted by Crippen LogP contribution is -2.34. The highest BCUT2D eigenvalue weighted by molar-refractivity contribution is 5.76. The minimum atomic E-state index is -0.386. The Balaban J connectivity index is 2.04. The zero-order valence-electron chi connectivity index (χ0n) is 17.6. The Labute approximate surface area is 171 Å². The first kappa shape index (κ1) is 22.2. The Morgan fingerprint density at radius 2 is 2.07 bits per heavy atom. The fourth-order valence-corrected chi connectivity index (χ4v) is 3.41. The van der Waals surface area contributed by atoms with Crippen molar-refractivity contribution in [2.45, 2.75) is 32.7 Å². The summed E-state index contributed by atoms with van der Waals surface area (Å²) in [5.74, 6) is 0.696. The molecule has 2 N–H and O–H groups in total. The van der Waals surface area contributed by atoms with E-state index in [2.05, 4.69) is 10.3 Å². The van der Waals surface area contributed by atoms with Gasteiger partial charge in [0.2, 0.25) is 5.91 Å². The molecule has 0 aliphatic carbocycles. The largest absolute Gasteiger partial charge is 0.497 e. The molecule has 0 spiro atoms. The van der Waals surface area contributed by atoms with Crippen LogP contribution in [0, 0.1) is 25.2 Å². The number of likely N-dealkylation sites (N-methyl/N-ethyl adjacent to an activating group) is 1. The second-order valence-electron chi connectivity index (χ2n) is 7.23. The Bertz CT molecular complexity index is 973. The maximum atomic E-state index is 12.5. The summed E-state index contributed by atoms with van der Waals surface area (Å²) in [5, 5.41) is 12.2. The van der Waals surface area contributed by atoms with Gasteiger partial charge in [-0.3, -0.25) is 9.59 Å². The van der Waals surface area contributed by atoms with E-state index in [1.807, 2.05) is 49.3 Å². The average molecular weight is 396 g/mol. The molecule has 2 rings (SSSR count). The average Bonchev–Trinajstić information content (AvgIpc) is 2.68. The Morgan fingerprint density at radius 1 is 1.34 bits per heavy atom. The van der Waals surface area contributed by atoms with Crippen molar-refractivity contribution in [2.24, 2.45) is 0 Å². The third-order valence-corrected chi connectivity index (χ3v) is 5.12. The number of hydrogen-bond donors (Lipinski definition) is 2. The van der Waals surface area contributed by atoms with Crippen molar-refractivity contribution in [3.05, 3.63) is 62.6 Å². The van der Waals surface area contributed by atoms with Crippen molar-refractivity contribution in [3.8, 4) is 11.8 Å². The number of H-pyrrole nitrogens is 1. The van der Waals surface area contributed by atoms with Gasteiger partial charge >= 0.3 is 0 Å². The van der Waals surface area contributed by atoms with Crippen molar-refractivity contribution in [2.75, 3.05) is 27.7 Å². The van der Waals surface area contributed by atoms with Crippen molar-refractivity contribution < 1.29 is 9.53 Å². The van der Waals surface area contributed by atoms with Crippen LogP contribution in [0.5, 0.6) is 5.75 Å². The van der Waals surface area contributed by atoms with Gasteiger partial charge in [-0.2, -0.15) is 5.26 Å². The fraction of sp³-hybridized carbons (Fsp3) is 0.409. The number of nitrogens with zero attached hydrogens (tertiary/aromatic N) is 2. The quantitative estimate of drug-likeness (QED) is 0.713. The van der Waals surface area contributed by atoms with E-state index in [0.717, 1.165) is 16.9 Å². The lowest BCUT2D eigenvalue weighted by atomic mass is 9.99. The Morgan fingerprint density at radius 3 is 2.69 bits per heavy atom. The summed E-state index contributed by atoms with van der Waals surface area (Å²) in [6.45, 7) is 4.00. The van der Waals surface area contributed by atoms with Gasteiger partial charge in [-0.05, 0) is 63.2 Å². The second-order valence-corrected chi connectivity index (χ2v) is 7.23. The first-order valence-electron chi connectivity index (χ1n) is 9.48. The minimum absolute atomic E-state index is 0.00999. The number of nitriles is 1. The van der Waals surface area contributed by atoms with Crippen molar-refractivity contribution in [1.29, 1.82) is 5.26 Å². The van der Waals surface area contributed by atoms with E-state index in [-0.39, 0.29) is 29.5 Å². The van der Waals surface area contributed by atoms with E-state index in [4.69, 9.17) is 4.74 Å². The number of aromatic amines is 1. The summed E-state index contributed by atoms with van der Waals surface area (Å²) in [7, 11) is 5.56. The summed E-state index contributed by atoms with van der Waals surface area (Å²) in [6, 6.07) is 9.74. The van der Waals surface area contributed by atoms with Gasteiger partial charge in [0.05, 0.1) is 13.2 Å². The molecule has 0 radical (unpaired) electrons. The Kier molecular flexibility index (Phi) is 7.57. The number of hydrogen-bond acceptors (Lipinski definition) is 5. The summed E-state index contributed by atoms with van der Waals surface area (Å²) in [6.07, 6.45) is 0.734. The van der Waals surface area contributed by atoms with Crippen LogP contribution in [0.3, 0.4) is 0 Å². The number of rotatable bonds is 8. The number of amides is 1. The van der Waals surface area contributed by atoms with Gasteiger partial charge in [0.1, 0.15) is 17.4 Å². The molecule has 1 amide bonds. The van der Waals surface area contributed by atoms with Crippen LogP contribution in [-0.4, -0.2) is 43.5 Å². The van der Waals surface area contributed by atoms with Gasteiger partial charge in [-0.1, -0.05) is 12.1 Å². The van der Waals surface area contributed by atoms with Gasteiger partial charge in [-0.25, -0.2) is 0 Å². The molecule has 7 nitrogen and oxygen atoms in total. The number of methoxy groups -OCH3 is 1. The molecule has 1 aromatic carbocycles. The van der Waals surface area contributed by atoms with Crippen LogP contribution in [0.1, 0.15) is 40.4 Å². The molecule has 0 fully saturated rings. The number of nitrogens with one attached hydrogen (secondary N) is 2. The van der Waals surface area contributed by atoms with Crippen molar-refractivity contribution in [1.82, 2.24) is 15.2 Å². The van der Waals surface area contributed by atoms with E-state index in [1.165, 1.54) is 0 Å². The molecule has 1 aromatic heterocycles. The van der Waals surface area contributed by atoms with Crippen LogP contribution in [0.2, 0.25) is 0 Å². The standard InChI is InChI=1S/C22H28N4O3/c1-14-18(15(2)25-22(28)19(14)12-23)9-10-21(27)24-13-20(26(3)4)16-7-6-8-17(11-16)29-5/h6-8,11,20H,9-10,13H2,1-5H3,(H,24,27)(H,25,28). The molecule has 0 aliphatic heterocycles.